The number of fused-ring (bicyclic) bond motifs is 1. The normalized spacial score (nSPS) is 14.0. The number of carbonyl (C=O) groups excluding carboxylic acids is 1. The minimum Gasteiger partial charge on any atom is -0.493 e. The van der Waals surface area contributed by atoms with E-state index in [9.17, 15) is 4.79 Å². The van der Waals surface area contributed by atoms with E-state index in [1.165, 1.54) is 0 Å². The van der Waals surface area contributed by atoms with Crippen LogP contribution < -0.4 is 9.47 Å². The summed E-state index contributed by atoms with van der Waals surface area (Å²) in [6.07, 6.45) is 1.80. The summed E-state index contributed by atoms with van der Waals surface area (Å²) in [5, 5.41) is 16.8. The van der Waals surface area contributed by atoms with E-state index in [0.717, 1.165) is 16.6 Å². The lowest BCUT2D eigenvalue weighted by Crippen LogP contribution is -2.40. The molecule has 5 rings (SSSR count). The molecule has 1 saturated heterocycles. The van der Waals surface area contributed by atoms with Gasteiger partial charge in [-0.2, -0.15) is 5.10 Å². The molecule has 1 aliphatic rings. The van der Waals surface area contributed by atoms with E-state index in [1.54, 1.807) is 42.1 Å². The fourth-order valence-electron chi connectivity index (χ4n) is 3.74. The van der Waals surface area contributed by atoms with Gasteiger partial charge in [0.25, 0.3) is 5.91 Å². The predicted octanol–water partition coefficient (Wildman–Crippen LogP) is 2.30. The monoisotopic (exact) mass is 434 g/mol. The standard InChI is InChI=1S/C22H22N6O4/c1-30-19-11-16-17(12-20(19)31-2)23-25-21(16)18-13-28(26-24-18)15-5-3-14(4-6-15)22(29)27-7-9-32-10-8-27/h3-6,11-13H,7-10H2,1-2H3,(H,23,25). The number of nitrogens with one attached hydrogen (secondary N) is 1. The molecule has 10 heteroatoms. The van der Waals surface area contributed by atoms with Crippen molar-refractivity contribution in [1.82, 2.24) is 30.1 Å². The number of hydrogen-bond donors (Lipinski definition) is 1. The third-order valence-corrected chi connectivity index (χ3v) is 5.48. The van der Waals surface area contributed by atoms with Gasteiger partial charge in [-0.1, -0.05) is 5.21 Å². The number of nitrogens with zero attached hydrogens (tertiary/aromatic N) is 5. The molecule has 0 bridgehead atoms. The second-order valence-corrected chi connectivity index (χ2v) is 7.32. The van der Waals surface area contributed by atoms with Crippen molar-refractivity contribution >= 4 is 16.8 Å². The summed E-state index contributed by atoms with van der Waals surface area (Å²) in [5.74, 6) is 1.23. The fourth-order valence-corrected chi connectivity index (χ4v) is 3.74. The molecule has 0 aliphatic carbocycles. The first-order valence-corrected chi connectivity index (χ1v) is 10.2. The zero-order valence-corrected chi connectivity index (χ0v) is 17.7. The molecule has 10 nitrogen and oxygen atoms in total. The molecule has 1 aliphatic heterocycles. The molecule has 2 aromatic heterocycles. The van der Waals surface area contributed by atoms with E-state index in [2.05, 4.69) is 20.5 Å². The Bertz CT molecular complexity index is 1260. The highest BCUT2D eigenvalue weighted by molar-refractivity contribution is 5.95. The van der Waals surface area contributed by atoms with Crippen molar-refractivity contribution in [2.24, 2.45) is 0 Å². The number of H-pyrrole nitrogens is 1. The van der Waals surface area contributed by atoms with Crippen LogP contribution in [0, 0.1) is 0 Å². The predicted molar refractivity (Wildman–Crippen MR) is 116 cm³/mol. The Balaban J connectivity index is 1.41. The van der Waals surface area contributed by atoms with E-state index in [-0.39, 0.29) is 5.91 Å². The third-order valence-electron chi connectivity index (χ3n) is 5.48. The van der Waals surface area contributed by atoms with E-state index in [0.29, 0.717) is 54.8 Å². The number of amides is 1. The molecule has 1 amide bonds. The highest BCUT2D eigenvalue weighted by Crippen LogP contribution is 2.35. The first-order chi connectivity index (χ1) is 15.7. The highest BCUT2D eigenvalue weighted by atomic mass is 16.5. The second-order valence-electron chi connectivity index (χ2n) is 7.32. The van der Waals surface area contributed by atoms with Crippen LogP contribution in [0.25, 0.3) is 28.0 Å². The Morgan fingerprint density at radius 3 is 2.50 bits per heavy atom. The van der Waals surface area contributed by atoms with E-state index in [1.807, 2.05) is 24.3 Å². The van der Waals surface area contributed by atoms with Gasteiger partial charge in [0, 0.05) is 30.1 Å². The highest BCUT2D eigenvalue weighted by Gasteiger charge is 2.19. The fraction of sp³-hybridized carbons (Fsp3) is 0.273. The SMILES string of the molecule is COc1cc2[nH]nc(-c3cn(-c4ccc(C(=O)N5CCOCC5)cc4)nn3)c2cc1OC. The maximum atomic E-state index is 12.6. The van der Waals surface area contributed by atoms with Crippen molar-refractivity contribution in [3.8, 4) is 28.6 Å². The minimum atomic E-state index is 0.00602. The number of aromatic amines is 1. The molecule has 0 saturated carbocycles. The number of morpholine rings is 1. The molecule has 0 unspecified atom stereocenters. The van der Waals surface area contributed by atoms with Gasteiger partial charge in [-0.25, -0.2) is 4.68 Å². The lowest BCUT2D eigenvalue weighted by atomic mass is 10.1. The average Bonchev–Trinajstić information content (AvgIpc) is 3.50. The summed E-state index contributed by atoms with van der Waals surface area (Å²) in [6, 6.07) is 11.0. The molecule has 0 spiro atoms. The number of carbonyl (C=O) groups is 1. The van der Waals surface area contributed by atoms with Gasteiger partial charge < -0.3 is 19.1 Å². The van der Waals surface area contributed by atoms with Gasteiger partial charge in [0.2, 0.25) is 0 Å². The Hall–Kier alpha value is -3.92. The molecule has 4 aromatic rings. The van der Waals surface area contributed by atoms with Crippen molar-refractivity contribution in [2.45, 2.75) is 0 Å². The van der Waals surface area contributed by atoms with Gasteiger partial charge in [-0.15, -0.1) is 5.10 Å². The van der Waals surface area contributed by atoms with Crippen LogP contribution in [0.2, 0.25) is 0 Å². The first kappa shape index (κ1) is 20.0. The molecule has 0 atom stereocenters. The summed E-state index contributed by atoms with van der Waals surface area (Å²) in [6.45, 7) is 2.38. The molecule has 0 radical (unpaired) electrons. The van der Waals surface area contributed by atoms with Crippen LogP contribution in [-0.2, 0) is 4.74 Å². The largest absolute Gasteiger partial charge is 0.493 e. The van der Waals surface area contributed by atoms with Crippen LogP contribution in [0.3, 0.4) is 0 Å². The van der Waals surface area contributed by atoms with Crippen molar-refractivity contribution in [3.05, 3.63) is 48.2 Å². The maximum absolute atomic E-state index is 12.6. The maximum Gasteiger partial charge on any atom is 0.254 e. The molecule has 1 N–H and O–H groups in total. The van der Waals surface area contributed by atoms with Gasteiger partial charge in [-0.05, 0) is 30.3 Å². The Morgan fingerprint density at radius 2 is 1.78 bits per heavy atom. The van der Waals surface area contributed by atoms with Crippen LogP contribution in [0.4, 0.5) is 0 Å². The van der Waals surface area contributed by atoms with E-state index >= 15 is 0 Å². The van der Waals surface area contributed by atoms with Crippen LogP contribution in [0.15, 0.2) is 42.6 Å². The van der Waals surface area contributed by atoms with E-state index in [4.69, 9.17) is 14.2 Å². The summed E-state index contributed by atoms with van der Waals surface area (Å²) in [5.41, 5.74) is 3.50. The quantitative estimate of drug-likeness (QED) is 0.514. The number of aromatic nitrogens is 5. The van der Waals surface area contributed by atoms with Crippen molar-refractivity contribution in [2.75, 3.05) is 40.5 Å². The summed E-state index contributed by atoms with van der Waals surface area (Å²) in [7, 11) is 3.18. The van der Waals surface area contributed by atoms with Crippen LogP contribution in [0.5, 0.6) is 11.5 Å². The Kier molecular flexibility index (Phi) is 5.20. The first-order valence-electron chi connectivity index (χ1n) is 10.2. The molecular weight excluding hydrogens is 412 g/mol. The van der Waals surface area contributed by atoms with Crippen molar-refractivity contribution in [3.63, 3.8) is 0 Å². The van der Waals surface area contributed by atoms with E-state index < -0.39 is 0 Å². The zero-order valence-electron chi connectivity index (χ0n) is 17.7. The van der Waals surface area contributed by atoms with Gasteiger partial charge in [0.1, 0.15) is 11.4 Å². The third kappa shape index (κ3) is 3.54. The molecule has 1 fully saturated rings. The summed E-state index contributed by atoms with van der Waals surface area (Å²) < 4.78 is 17.7. The molecule has 2 aromatic carbocycles. The Morgan fingerprint density at radius 1 is 1.06 bits per heavy atom. The van der Waals surface area contributed by atoms with Crippen molar-refractivity contribution < 1.29 is 19.0 Å². The lowest BCUT2D eigenvalue weighted by Gasteiger charge is -2.26. The van der Waals surface area contributed by atoms with Gasteiger partial charge in [0.05, 0.1) is 44.8 Å². The second kappa shape index (κ2) is 8.31. The number of methoxy groups -OCH3 is 2. The molecule has 3 heterocycles. The van der Waals surface area contributed by atoms with Crippen LogP contribution in [0.1, 0.15) is 10.4 Å². The van der Waals surface area contributed by atoms with Gasteiger partial charge in [-0.3, -0.25) is 9.89 Å². The smallest absolute Gasteiger partial charge is 0.254 e. The average molecular weight is 434 g/mol. The number of hydrogen-bond acceptors (Lipinski definition) is 7. The number of rotatable bonds is 5. The lowest BCUT2D eigenvalue weighted by molar-refractivity contribution is 0.0303. The molecular formula is C22H22N6O4. The van der Waals surface area contributed by atoms with Crippen LogP contribution in [-0.4, -0.2) is 76.5 Å². The summed E-state index contributed by atoms with van der Waals surface area (Å²) in [4.78, 5) is 14.4. The topological polar surface area (TPSA) is 107 Å². The number of ether oxygens (including phenoxy) is 3. The number of benzene rings is 2. The molecule has 32 heavy (non-hydrogen) atoms. The Labute approximate surface area is 183 Å². The minimum absolute atomic E-state index is 0.00602. The van der Waals surface area contributed by atoms with Gasteiger partial charge >= 0.3 is 0 Å². The zero-order chi connectivity index (χ0) is 22.1. The molecule has 164 valence electrons. The van der Waals surface area contributed by atoms with Crippen molar-refractivity contribution in [1.29, 1.82) is 0 Å². The van der Waals surface area contributed by atoms with Gasteiger partial charge in [0.15, 0.2) is 11.5 Å². The summed E-state index contributed by atoms with van der Waals surface area (Å²) >= 11 is 0. The van der Waals surface area contributed by atoms with Crippen LogP contribution >= 0.6 is 0 Å².